The summed E-state index contributed by atoms with van der Waals surface area (Å²) in [5.74, 6) is 3.05. The first-order valence-corrected chi connectivity index (χ1v) is 7.69. The zero-order chi connectivity index (χ0) is 10.5. The van der Waals surface area contributed by atoms with Gasteiger partial charge in [0, 0.05) is 0 Å². The highest BCUT2D eigenvalue weighted by Gasteiger charge is 2.58. The number of rotatable bonds is 1. The molecule has 2 aliphatic carbocycles. The second kappa shape index (κ2) is 3.59. The minimum atomic E-state index is -0.548. The van der Waals surface area contributed by atoms with Crippen LogP contribution in [0.2, 0.25) is 0 Å². The van der Waals surface area contributed by atoms with Crippen molar-refractivity contribution in [1.29, 1.82) is 0 Å². The highest BCUT2D eigenvalue weighted by molar-refractivity contribution is 8.18. The lowest BCUT2D eigenvalue weighted by atomic mass is 9.88. The molecule has 84 valence electrons. The predicted octanol–water partition coefficient (Wildman–Crippen LogP) is 2.68. The quantitative estimate of drug-likeness (QED) is 0.769. The Bertz CT molecular complexity index is 286. The van der Waals surface area contributed by atoms with Gasteiger partial charge in [-0.2, -0.15) is 0 Å². The van der Waals surface area contributed by atoms with E-state index < -0.39 is 5.97 Å². The van der Waals surface area contributed by atoms with E-state index in [1.807, 2.05) is 0 Å². The van der Waals surface area contributed by atoms with Gasteiger partial charge in [-0.3, -0.25) is 4.79 Å². The number of hydrogen-bond acceptors (Lipinski definition) is 3. The fraction of sp³-hybridized carbons (Fsp3) is 0.909. The van der Waals surface area contributed by atoms with Crippen molar-refractivity contribution in [3.05, 3.63) is 0 Å². The Morgan fingerprint density at radius 2 is 2.00 bits per heavy atom. The number of hydrogen-bond donors (Lipinski definition) is 1. The molecule has 3 aliphatic rings. The van der Waals surface area contributed by atoms with Crippen molar-refractivity contribution in [2.75, 3.05) is 11.5 Å². The molecule has 0 aromatic carbocycles. The van der Waals surface area contributed by atoms with Crippen LogP contribution < -0.4 is 0 Å². The van der Waals surface area contributed by atoms with Crippen LogP contribution in [0.4, 0.5) is 0 Å². The number of thioether (sulfide) groups is 2. The van der Waals surface area contributed by atoms with E-state index in [-0.39, 0.29) is 5.92 Å². The fourth-order valence-electron chi connectivity index (χ4n) is 3.54. The molecule has 1 spiro atoms. The fourth-order valence-corrected chi connectivity index (χ4v) is 7.49. The van der Waals surface area contributed by atoms with Gasteiger partial charge in [-0.05, 0) is 49.0 Å². The lowest BCUT2D eigenvalue weighted by Gasteiger charge is -2.41. The van der Waals surface area contributed by atoms with E-state index in [9.17, 15) is 9.90 Å². The Labute approximate surface area is 98.6 Å². The average molecular weight is 244 g/mol. The maximum absolute atomic E-state index is 11.2. The van der Waals surface area contributed by atoms with E-state index in [0.29, 0.717) is 15.9 Å². The maximum atomic E-state index is 11.2. The van der Waals surface area contributed by atoms with Gasteiger partial charge in [0.2, 0.25) is 0 Å². The molecule has 1 aliphatic heterocycles. The summed E-state index contributed by atoms with van der Waals surface area (Å²) >= 11 is 4.11. The molecule has 2 bridgehead atoms. The molecule has 3 rings (SSSR count). The summed E-state index contributed by atoms with van der Waals surface area (Å²) in [5, 5.41) is 9.23. The first kappa shape index (κ1) is 10.3. The standard InChI is InChI=1S/C11H16O2S2/c12-10(13)8-4-7-5-9(8)11(6-7)14-2-1-3-15-11/h7-9H,1-6H2,(H,12,13). The van der Waals surface area contributed by atoms with E-state index in [2.05, 4.69) is 23.5 Å². The highest BCUT2D eigenvalue weighted by atomic mass is 32.2. The van der Waals surface area contributed by atoms with Crippen LogP contribution in [-0.2, 0) is 4.79 Å². The summed E-state index contributed by atoms with van der Waals surface area (Å²) in [5.41, 5.74) is 0. The summed E-state index contributed by atoms with van der Waals surface area (Å²) in [6.45, 7) is 0. The molecule has 0 aromatic rings. The summed E-state index contributed by atoms with van der Waals surface area (Å²) < 4.78 is 0.296. The molecule has 2 saturated carbocycles. The van der Waals surface area contributed by atoms with E-state index in [0.717, 1.165) is 6.42 Å². The Balaban J connectivity index is 1.84. The van der Waals surface area contributed by atoms with Crippen molar-refractivity contribution in [3.63, 3.8) is 0 Å². The van der Waals surface area contributed by atoms with Crippen LogP contribution in [0.15, 0.2) is 0 Å². The second-order valence-electron chi connectivity index (χ2n) is 4.96. The molecular weight excluding hydrogens is 228 g/mol. The third kappa shape index (κ3) is 1.52. The first-order valence-electron chi connectivity index (χ1n) is 5.72. The molecule has 3 atom stereocenters. The van der Waals surface area contributed by atoms with Crippen LogP contribution in [0, 0.1) is 17.8 Å². The van der Waals surface area contributed by atoms with Gasteiger partial charge in [0.1, 0.15) is 0 Å². The topological polar surface area (TPSA) is 37.3 Å². The summed E-state index contributed by atoms with van der Waals surface area (Å²) in [7, 11) is 0. The number of aliphatic carboxylic acids is 1. The molecule has 2 nitrogen and oxygen atoms in total. The summed E-state index contributed by atoms with van der Waals surface area (Å²) in [6.07, 6.45) is 4.70. The van der Waals surface area contributed by atoms with Gasteiger partial charge in [-0.25, -0.2) is 0 Å². The predicted molar refractivity (Wildman–Crippen MR) is 64.2 cm³/mol. The normalized spacial score (nSPS) is 42.3. The molecule has 3 fully saturated rings. The average Bonchev–Trinajstić information content (AvgIpc) is 2.76. The van der Waals surface area contributed by atoms with Crippen molar-refractivity contribution in [3.8, 4) is 0 Å². The Morgan fingerprint density at radius 1 is 1.27 bits per heavy atom. The number of carboxylic acids is 1. The SMILES string of the molecule is O=C(O)C1CC2CC1C1(C2)SCCCS1. The van der Waals surface area contributed by atoms with Crippen LogP contribution in [-0.4, -0.2) is 26.7 Å². The van der Waals surface area contributed by atoms with Gasteiger partial charge < -0.3 is 5.11 Å². The van der Waals surface area contributed by atoms with Crippen LogP contribution >= 0.6 is 23.5 Å². The molecule has 1 saturated heterocycles. The van der Waals surface area contributed by atoms with Crippen molar-refractivity contribution in [2.45, 2.75) is 29.8 Å². The summed E-state index contributed by atoms with van der Waals surface area (Å²) in [4.78, 5) is 11.2. The zero-order valence-electron chi connectivity index (χ0n) is 8.65. The first-order chi connectivity index (χ1) is 7.21. The molecule has 1 heterocycles. The van der Waals surface area contributed by atoms with E-state index in [4.69, 9.17) is 0 Å². The van der Waals surface area contributed by atoms with Crippen LogP contribution in [0.3, 0.4) is 0 Å². The van der Waals surface area contributed by atoms with Gasteiger partial charge in [-0.1, -0.05) is 0 Å². The third-order valence-corrected chi connectivity index (χ3v) is 7.71. The smallest absolute Gasteiger partial charge is 0.306 e. The molecule has 1 N–H and O–H groups in total. The zero-order valence-corrected chi connectivity index (χ0v) is 10.3. The van der Waals surface area contributed by atoms with Crippen molar-refractivity contribution in [2.24, 2.45) is 17.8 Å². The lowest BCUT2D eigenvalue weighted by Crippen LogP contribution is -2.39. The molecule has 0 amide bonds. The Kier molecular flexibility index (Phi) is 2.47. The second-order valence-corrected chi connectivity index (χ2v) is 8.06. The van der Waals surface area contributed by atoms with Gasteiger partial charge >= 0.3 is 5.97 Å². The van der Waals surface area contributed by atoms with Crippen LogP contribution in [0.25, 0.3) is 0 Å². The summed E-state index contributed by atoms with van der Waals surface area (Å²) in [6, 6.07) is 0. The molecule has 4 heteroatoms. The molecule has 15 heavy (non-hydrogen) atoms. The van der Waals surface area contributed by atoms with Crippen molar-refractivity contribution in [1.82, 2.24) is 0 Å². The van der Waals surface area contributed by atoms with E-state index >= 15 is 0 Å². The van der Waals surface area contributed by atoms with Gasteiger partial charge in [0.05, 0.1) is 10.00 Å². The number of carbonyl (C=O) groups is 1. The Hall–Kier alpha value is 0.170. The molecular formula is C11H16O2S2. The lowest BCUT2D eigenvalue weighted by molar-refractivity contribution is -0.143. The molecule has 3 unspecified atom stereocenters. The highest BCUT2D eigenvalue weighted by Crippen LogP contribution is 2.65. The van der Waals surface area contributed by atoms with Gasteiger partial charge in [-0.15, -0.1) is 23.5 Å². The minimum absolute atomic E-state index is 0.0400. The minimum Gasteiger partial charge on any atom is -0.481 e. The van der Waals surface area contributed by atoms with Crippen LogP contribution in [0.1, 0.15) is 25.7 Å². The third-order valence-electron chi connectivity index (χ3n) is 4.10. The van der Waals surface area contributed by atoms with Crippen LogP contribution in [0.5, 0.6) is 0 Å². The maximum Gasteiger partial charge on any atom is 0.306 e. The Morgan fingerprint density at radius 3 is 2.60 bits per heavy atom. The van der Waals surface area contributed by atoms with E-state index in [1.165, 1.54) is 30.8 Å². The van der Waals surface area contributed by atoms with Crippen molar-refractivity contribution < 1.29 is 9.90 Å². The number of carboxylic acid groups (broad SMARTS) is 1. The largest absolute Gasteiger partial charge is 0.481 e. The molecule has 0 aromatic heterocycles. The van der Waals surface area contributed by atoms with E-state index in [1.54, 1.807) is 0 Å². The van der Waals surface area contributed by atoms with Gasteiger partial charge in [0.15, 0.2) is 0 Å². The molecule has 0 radical (unpaired) electrons. The van der Waals surface area contributed by atoms with Crippen molar-refractivity contribution >= 4 is 29.5 Å². The number of fused-ring (bicyclic) bond motifs is 3. The monoisotopic (exact) mass is 244 g/mol. The van der Waals surface area contributed by atoms with Gasteiger partial charge in [0.25, 0.3) is 0 Å².